The molecule has 28 heavy (non-hydrogen) atoms. The molecule has 142 valence electrons. The molecule has 0 radical (unpaired) electrons. The fourth-order valence-electron chi connectivity index (χ4n) is 4.57. The topological polar surface area (TPSA) is 20.3 Å². The summed E-state index contributed by atoms with van der Waals surface area (Å²) in [7, 11) is 1.90. The van der Waals surface area contributed by atoms with E-state index in [1.165, 1.54) is 5.56 Å². The molecule has 3 aromatic rings. The molecule has 0 bridgehead atoms. The maximum absolute atomic E-state index is 13.5. The highest BCUT2D eigenvalue weighted by molar-refractivity contribution is 6.10. The normalized spacial score (nSPS) is 18.3. The zero-order valence-electron chi connectivity index (χ0n) is 16.5. The maximum Gasteiger partial charge on any atom is 0.241 e. The molecule has 0 aromatic heterocycles. The van der Waals surface area contributed by atoms with Gasteiger partial charge in [0.05, 0.1) is 0 Å². The van der Waals surface area contributed by atoms with Gasteiger partial charge in [0.2, 0.25) is 5.91 Å². The summed E-state index contributed by atoms with van der Waals surface area (Å²) < 4.78 is 0. The van der Waals surface area contributed by atoms with E-state index < -0.39 is 5.41 Å². The van der Waals surface area contributed by atoms with Crippen molar-refractivity contribution in [3.05, 3.63) is 102 Å². The number of nitrogens with zero attached hydrogens (tertiary/aromatic N) is 1. The van der Waals surface area contributed by atoms with E-state index in [4.69, 9.17) is 0 Å². The Hall–Kier alpha value is -2.87. The van der Waals surface area contributed by atoms with Gasteiger partial charge in [-0.25, -0.2) is 0 Å². The molecular weight excluding hydrogens is 342 g/mol. The van der Waals surface area contributed by atoms with E-state index >= 15 is 0 Å². The van der Waals surface area contributed by atoms with Crippen molar-refractivity contribution in [1.82, 2.24) is 0 Å². The molecule has 1 aliphatic rings. The van der Waals surface area contributed by atoms with Crippen LogP contribution in [-0.4, -0.2) is 13.0 Å². The highest BCUT2D eigenvalue weighted by atomic mass is 16.2. The lowest BCUT2D eigenvalue weighted by molar-refractivity contribution is -0.121. The van der Waals surface area contributed by atoms with E-state index in [2.05, 4.69) is 60.7 Å². The number of amides is 1. The fraction of sp³-hybridized carbons (Fsp3) is 0.269. The summed E-state index contributed by atoms with van der Waals surface area (Å²) in [5.41, 5.74) is 4.14. The Morgan fingerprint density at radius 3 is 2.14 bits per heavy atom. The van der Waals surface area contributed by atoms with E-state index in [9.17, 15) is 4.79 Å². The summed E-state index contributed by atoms with van der Waals surface area (Å²) in [4.78, 5) is 15.3. The monoisotopic (exact) mass is 369 g/mol. The van der Waals surface area contributed by atoms with Crippen LogP contribution in [0.3, 0.4) is 0 Å². The second kappa shape index (κ2) is 8.02. The first kappa shape index (κ1) is 18.5. The highest BCUT2D eigenvalue weighted by Crippen LogP contribution is 2.48. The van der Waals surface area contributed by atoms with E-state index in [1.807, 2.05) is 36.2 Å². The molecule has 1 heterocycles. The van der Waals surface area contributed by atoms with Crippen molar-refractivity contribution in [3.63, 3.8) is 0 Å². The summed E-state index contributed by atoms with van der Waals surface area (Å²) in [6.07, 6.45) is 5.27. The molecule has 1 aliphatic heterocycles. The summed E-state index contributed by atoms with van der Waals surface area (Å²) in [6.45, 7) is 0. The van der Waals surface area contributed by atoms with Crippen LogP contribution < -0.4 is 4.90 Å². The third-order valence-electron chi connectivity index (χ3n) is 6.02. The second-order valence-electron chi connectivity index (χ2n) is 7.70. The smallest absolute Gasteiger partial charge is 0.241 e. The third-order valence-corrected chi connectivity index (χ3v) is 6.02. The van der Waals surface area contributed by atoms with Crippen LogP contribution in [0, 0.1) is 0 Å². The minimum absolute atomic E-state index is 0.197. The number of aryl methyl sites for hydroxylation is 1. The van der Waals surface area contributed by atoms with Crippen molar-refractivity contribution in [3.8, 4) is 0 Å². The van der Waals surface area contributed by atoms with Crippen LogP contribution in [0.2, 0.25) is 0 Å². The lowest BCUT2D eigenvalue weighted by atomic mass is 9.72. The van der Waals surface area contributed by atoms with Crippen molar-refractivity contribution in [2.24, 2.45) is 0 Å². The average molecular weight is 370 g/mol. The SMILES string of the molecule is CN1C(=O)C(CCCCCc2ccccc2)(c2ccccc2)c2ccccc21. The Kier molecular flexibility index (Phi) is 5.29. The molecule has 0 N–H and O–H groups in total. The van der Waals surface area contributed by atoms with Gasteiger partial charge in [-0.2, -0.15) is 0 Å². The lowest BCUT2D eigenvalue weighted by Gasteiger charge is -2.29. The molecule has 4 rings (SSSR count). The molecule has 2 nitrogen and oxygen atoms in total. The Morgan fingerprint density at radius 1 is 0.750 bits per heavy atom. The van der Waals surface area contributed by atoms with Crippen molar-refractivity contribution < 1.29 is 4.79 Å². The van der Waals surface area contributed by atoms with E-state index in [0.717, 1.165) is 48.9 Å². The highest BCUT2D eigenvalue weighted by Gasteiger charge is 2.50. The number of rotatable bonds is 7. The minimum Gasteiger partial charge on any atom is -0.314 e. The number of fused-ring (bicyclic) bond motifs is 1. The summed E-state index contributed by atoms with van der Waals surface area (Å²) in [5.74, 6) is 0.197. The molecule has 3 aromatic carbocycles. The maximum atomic E-state index is 13.5. The molecule has 1 atom stereocenters. The Balaban J connectivity index is 1.55. The van der Waals surface area contributed by atoms with Crippen molar-refractivity contribution >= 4 is 11.6 Å². The van der Waals surface area contributed by atoms with Gasteiger partial charge in [0.15, 0.2) is 0 Å². The van der Waals surface area contributed by atoms with Gasteiger partial charge in [0.1, 0.15) is 5.41 Å². The molecule has 0 aliphatic carbocycles. The number of para-hydroxylation sites is 1. The molecule has 0 saturated heterocycles. The number of likely N-dealkylation sites (N-methyl/N-ethyl adjacent to an activating group) is 1. The number of unbranched alkanes of at least 4 members (excludes halogenated alkanes) is 2. The molecule has 0 spiro atoms. The standard InChI is InChI=1S/C26H27NO/c1-27-24-19-11-10-18-23(24)26(25(27)28,22-16-8-3-9-17-22)20-12-4-7-15-21-13-5-2-6-14-21/h2-3,5-6,8-11,13-14,16-19H,4,7,12,15,20H2,1H3. The third kappa shape index (κ3) is 3.24. The number of anilines is 1. The van der Waals surface area contributed by atoms with E-state index in [1.54, 1.807) is 0 Å². The number of hydrogen-bond acceptors (Lipinski definition) is 1. The lowest BCUT2D eigenvalue weighted by Crippen LogP contribution is -2.39. The van der Waals surface area contributed by atoms with Crippen molar-refractivity contribution in [1.29, 1.82) is 0 Å². The van der Waals surface area contributed by atoms with Crippen LogP contribution in [0.5, 0.6) is 0 Å². The molecule has 0 saturated carbocycles. The predicted octanol–water partition coefficient (Wildman–Crippen LogP) is 5.75. The van der Waals surface area contributed by atoms with Crippen LogP contribution in [0.4, 0.5) is 5.69 Å². The quantitative estimate of drug-likeness (QED) is 0.485. The number of carbonyl (C=O) groups excluding carboxylic acids is 1. The van der Waals surface area contributed by atoms with E-state index in [-0.39, 0.29) is 5.91 Å². The van der Waals surface area contributed by atoms with Crippen molar-refractivity contribution in [2.75, 3.05) is 11.9 Å². The summed E-state index contributed by atoms with van der Waals surface area (Å²) >= 11 is 0. The number of hydrogen-bond donors (Lipinski definition) is 0. The largest absolute Gasteiger partial charge is 0.314 e. The van der Waals surface area contributed by atoms with Gasteiger partial charge in [0.25, 0.3) is 0 Å². The Bertz CT molecular complexity index is 935. The number of benzene rings is 3. The van der Waals surface area contributed by atoms with E-state index in [0.29, 0.717) is 0 Å². The van der Waals surface area contributed by atoms with Gasteiger partial charge >= 0.3 is 0 Å². The Morgan fingerprint density at radius 2 is 1.39 bits per heavy atom. The minimum atomic E-state index is -0.556. The number of carbonyl (C=O) groups is 1. The van der Waals surface area contributed by atoms with Gasteiger partial charge in [-0.15, -0.1) is 0 Å². The molecule has 1 unspecified atom stereocenters. The predicted molar refractivity (Wildman–Crippen MR) is 116 cm³/mol. The fourth-order valence-corrected chi connectivity index (χ4v) is 4.57. The van der Waals surface area contributed by atoms with Gasteiger partial charge < -0.3 is 4.90 Å². The van der Waals surface area contributed by atoms with Crippen LogP contribution >= 0.6 is 0 Å². The summed E-state index contributed by atoms with van der Waals surface area (Å²) in [5, 5.41) is 0. The van der Waals surface area contributed by atoms with Crippen molar-refractivity contribution in [2.45, 2.75) is 37.5 Å². The second-order valence-corrected chi connectivity index (χ2v) is 7.70. The first-order valence-corrected chi connectivity index (χ1v) is 10.2. The molecule has 2 heteroatoms. The van der Waals surface area contributed by atoms with Crippen LogP contribution in [-0.2, 0) is 16.6 Å². The zero-order chi connectivity index (χ0) is 19.4. The van der Waals surface area contributed by atoms with Gasteiger partial charge in [-0.1, -0.05) is 91.7 Å². The van der Waals surface area contributed by atoms with Crippen LogP contribution in [0.1, 0.15) is 42.4 Å². The first-order chi connectivity index (χ1) is 13.7. The van der Waals surface area contributed by atoms with Crippen LogP contribution in [0.25, 0.3) is 0 Å². The van der Waals surface area contributed by atoms with Gasteiger partial charge in [0, 0.05) is 12.7 Å². The Labute approximate surface area is 167 Å². The molecular formula is C26H27NO. The molecule has 1 amide bonds. The zero-order valence-corrected chi connectivity index (χ0v) is 16.5. The van der Waals surface area contributed by atoms with Gasteiger partial charge in [-0.05, 0) is 42.0 Å². The average Bonchev–Trinajstić information content (AvgIpc) is 2.98. The first-order valence-electron chi connectivity index (χ1n) is 10.2. The van der Waals surface area contributed by atoms with Crippen LogP contribution in [0.15, 0.2) is 84.9 Å². The summed E-state index contributed by atoms with van der Waals surface area (Å²) in [6, 6.07) is 29.2. The molecule has 0 fully saturated rings. The van der Waals surface area contributed by atoms with Gasteiger partial charge in [-0.3, -0.25) is 4.79 Å².